The Morgan fingerprint density at radius 1 is 1.36 bits per heavy atom. The molecule has 2 atom stereocenters. The standard InChI is InChI=1S/C20H23FN2O2/c1-20(2,3)25-19(24)23-15-5-4-6-16(23)11-14(10-15)17-8-7-13(12-22)9-18(17)21/h7-10,15-16H,4-6,11H2,1-3H3. The van der Waals surface area contributed by atoms with Crippen LogP contribution in [0.4, 0.5) is 9.18 Å². The van der Waals surface area contributed by atoms with Gasteiger partial charge in [-0.15, -0.1) is 0 Å². The summed E-state index contributed by atoms with van der Waals surface area (Å²) in [5.74, 6) is -0.380. The zero-order chi connectivity index (χ0) is 18.2. The predicted octanol–water partition coefficient (Wildman–Crippen LogP) is 4.64. The maximum Gasteiger partial charge on any atom is 0.411 e. The molecule has 1 saturated heterocycles. The van der Waals surface area contributed by atoms with Crippen molar-refractivity contribution in [1.29, 1.82) is 5.26 Å². The van der Waals surface area contributed by atoms with Gasteiger partial charge in [0, 0.05) is 11.6 Å². The Morgan fingerprint density at radius 3 is 2.72 bits per heavy atom. The van der Waals surface area contributed by atoms with E-state index in [1.165, 1.54) is 6.07 Å². The van der Waals surface area contributed by atoms with Gasteiger partial charge in [-0.05, 0) is 64.2 Å². The number of rotatable bonds is 1. The Balaban J connectivity index is 1.89. The summed E-state index contributed by atoms with van der Waals surface area (Å²) in [5.41, 5.74) is 1.22. The number of nitriles is 1. The van der Waals surface area contributed by atoms with Crippen molar-refractivity contribution < 1.29 is 13.9 Å². The predicted molar refractivity (Wildman–Crippen MR) is 93.2 cm³/mol. The first-order chi connectivity index (χ1) is 11.8. The first kappa shape index (κ1) is 17.5. The summed E-state index contributed by atoms with van der Waals surface area (Å²) < 4.78 is 19.9. The number of amides is 1. The fourth-order valence-electron chi connectivity index (χ4n) is 3.67. The monoisotopic (exact) mass is 342 g/mol. The van der Waals surface area contributed by atoms with Gasteiger partial charge in [0.25, 0.3) is 0 Å². The van der Waals surface area contributed by atoms with Crippen LogP contribution in [0.3, 0.4) is 0 Å². The zero-order valence-corrected chi connectivity index (χ0v) is 14.9. The van der Waals surface area contributed by atoms with Crippen LogP contribution in [-0.2, 0) is 4.74 Å². The van der Waals surface area contributed by atoms with Crippen LogP contribution in [0.5, 0.6) is 0 Å². The van der Waals surface area contributed by atoms with Crippen molar-refractivity contribution in [3.8, 4) is 6.07 Å². The molecule has 2 aliphatic rings. The van der Waals surface area contributed by atoms with Crippen molar-refractivity contribution >= 4 is 11.7 Å². The second kappa shape index (κ2) is 6.51. The van der Waals surface area contributed by atoms with Crippen molar-refractivity contribution in [3.63, 3.8) is 0 Å². The molecule has 2 unspecified atom stereocenters. The van der Waals surface area contributed by atoms with Crippen LogP contribution >= 0.6 is 0 Å². The quantitative estimate of drug-likeness (QED) is 0.747. The van der Waals surface area contributed by atoms with E-state index >= 15 is 0 Å². The molecule has 2 heterocycles. The molecule has 1 aromatic rings. The highest BCUT2D eigenvalue weighted by Crippen LogP contribution is 2.38. The molecule has 25 heavy (non-hydrogen) atoms. The Morgan fingerprint density at radius 2 is 2.12 bits per heavy atom. The largest absolute Gasteiger partial charge is 0.444 e. The molecule has 0 saturated carbocycles. The van der Waals surface area contributed by atoms with Crippen molar-refractivity contribution in [2.45, 2.75) is 64.1 Å². The highest BCUT2D eigenvalue weighted by Gasteiger charge is 2.39. The number of halogens is 1. The molecule has 5 heteroatoms. The van der Waals surface area contributed by atoms with Gasteiger partial charge in [-0.2, -0.15) is 5.26 Å². The lowest BCUT2D eigenvalue weighted by molar-refractivity contribution is 0.0000784. The van der Waals surface area contributed by atoms with E-state index in [0.29, 0.717) is 17.5 Å². The van der Waals surface area contributed by atoms with Gasteiger partial charge in [0.1, 0.15) is 11.4 Å². The van der Waals surface area contributed by atoms with Gasteiger partial charge in [0.15, 0.2) is 0 Å². The topological polar surface area (TPSA) is 53.3 Å². The van der Waals surface area contributed by atoms with Gasteiger partial charge in [-0.25, -0.2) is 9.18 Å². The maximum atomic E-state index is 14.4. The summed E-state index contributed by atoms with van der Waals surface area (Å²) in [6.07, 6.45) is 5.11. The van der Waals surface area contributed by atoms with E-state index in [1.54, 1.807) is 12.1 Å². The summed E-state index contributed by atoms with van der Waals surface area (Å²) in [4.78, 5) is 14.4. The number of hydrogen-bond donors (Lipinski definition) is 0. The summed E-state index contributed by atoms with van der Waals surface area (Å²) in [7, 11) is 0. The average Bonchev–Trinajstić information content (AvgIpc) is 2.51. The molecular weight excluding hydrogens is 319 g/mol. The van der Waals surface area contributed by atoms with Gasteiger partial charge in [0.2, 0.25) is 0 Å². The summed E-state index contributed by atoms with van der Waals surface area (Å²) in [6, 6.07) is 6.49. The molecular formula is C20H23FN2O2. The van der Waals surface area contributed by atoms with Crippen LogP contribution in [0.1, 0.15) is 57.6 Å². The van der Waals surface area contributed by atoms with Crippen molar-refractivity contribution in [2.75, 3.05) is 0 Å². The number of hydrogen-bond acceptors (Lipinski definition) is 3. The second-order valence-corrected chi connectivity index (χ2v) is 7.74. The zero-order valence-electron chi connectivity index (χ0n) is 14.9. The Bertz CT molecular complexity index is 758. The van der Waals surface area contributed by atoms with E-state index in [-0.39, 0.29) is 24.0 Å². The molecule has 0 aliphatic carbocycles. The number of carbonyl (C=O) groups excluding carboxylic acids is 1. The second-order valence-electron chi connectivity index (χ2n) is 7.74. The fourth-order valence-corrected chi connectivity index (χ4v) is 3.67. The number of carbonyl (C=O) groups is 1. The van der Waals surface area contributed by atoms with E-state index in [0.717, 1.165) is 24.8 Å². The van der Waals surface area contributed by atoms with Crippen molar-refractivity contribution in [2.24, 2.45) is 0 Å². The first-order valence-corrected chi connectivity index (χ1v) is 8.70. The SMILES string of the molecule is CC(C)(C)OC(=O)N1C2C=C(c3ccc(C#N)cc3F)CC1CCC2. The van der Waals surface area contributed by atoms with Crippen LogP contribution in [-0.4, -0.2) is 28.7 Å². The molecule has 4 nitrogen and oxygen atoms in total. The Kier molecular flexibility index (Phi) is 4.55. The smallest absolute Gasteiger partial charge is 0.411 e. The minimum atomic E-state index is -0.533. The minimum Gasteiger partial charge on any atom is -0.444 e. The average molecular weight is 342 g/mol. The summed E-state index contributed by atoms with van der Waals surface area (Å²) in [6.45, 7) is 5.58. The van der Waals surface area contributed by atoms with E-state index in [4.69, 9.17) is 10.00 Å². The van der Waals surface area contributed by atoms with Crippen LogP contribution < -0.4 is 0 Å². The van der Waals surface area contributed by atoms with Crippen LogP contribution in [0.15, 0.2) is 24.3 Å². The molecule has 132 valence electrons. The Labute approximate surface area is 147 Å². The lowest BCUT2D eigenvalue weighted by Crippen LogP contribution is -2.53. The number of fused-ring (bicyclic) bond motifs is 2. The van der Waals surface area contributed by atoms with E-state index in [1.807, 2.05) is 37.8 Å². The molecule has 0 aromatic heterocycles. The lowest BCUT2D eigenvalue weighted by Gasteiger charge is -2.45. The van der Waals surface area contributed by atoms with Gasteiger partial charge < -0.3 is 4.74 Å². The Hall–Kier alpha value is -2.35. The van der Waals surface area contributed by atoms with Gasteiger partial charge in [-0.1, -0.05) is 12.1 Å². The number of ether oxygens (including phenoxy) is 1. The van der Waals surface area contributed by atoms with Gasteiger partial charge >= 0.3 is 6.09 Å². The highest BCUT2D eigenvalue weighted by atomic mass is 19.1. The molecule has 0 radical (unpaired) electrons. The van der Waals surface area contributed by atoms with E-state index < -0.39 is 5.60 Å². The molecule has 2 aliphatic heterocycles. The van der Waals surface area contributed by atoms with Crippen molar-refractivity contribution in [1.82, 2.24) is 4.90 Å². The molecule has 0 N–H and O–H groups in total. The molecule has 0 spiro atoms. The first-order valence-electron chi connectivity index (χ1n) is 8.70. The minimum absolute atomic E-state index is 0.0312. The van der Waals surface area contributed by atoms with E-state index in [2.05, 4.69) is 0 Å². The molecule has 2 bridgehead atoms. The molecule has 1 amide bonds. The van der Waals surface area contributed by atoms with Crippen molar-refractivity contribution in [3.05, 3.63) is 41.2 Å². The normalized spacial score (nSPS) is 22.8. The highest BCUT2D eigenvalue weighted by molar-refractivity contribution is 5.75. The third-order valence-electron chi connectivity index (χ3n) is 4.69. The van der Waals surface area contributed by atoms with Gasteiger partial charge in [-0.3, -0.25) is 4.90 Å². The maximum absolute atomic E-state index is 14.4. The third-order valence-corrected chi connectivity index (χ3v) is 4.69. The number of benzene rings is 1. The summed E-state index contributed by atoms with van der Waals surface area (Å²) in [5, 5.41) is 8.89. The molecule has 1 aromatic carbocycles. The van der Waals surface area contributed by atoms with Crippen LogP contribution in [0.25, 0.3) is 5.57 Å². The van der Waals surface area contributed by atoms with Crippen LogP contribution in [0, 0.1) is 17.1 Å². The number of piperidine rings is 1. The molecule has 3 rings (SSSR count). The van der Waals surface area contributed by atoms with E-state index in [9.17, 15) is 9.18 Å². The third kappa shape index (κ3) is 3.68. The summed E-state index contributed by atoms with van der Waals surface area (Å²) >= 11 is 0. The van der Waals surface area contributed by atoms with Crippen LogP contribution in [0.2, 0.25) is 0 Å². The fraction of sp³-hybridized carbons (Fsp3) is 0.500. The number of nitrogens with zero attached hydrogens (tertiary/aromatic N) is 2. The molecule has 1 fully saturated rings. The van der Waals surface area contributed by atoms with Gasteiger partial charge in [0.05, 0.1) is 17.7 Å². The lowest BCUT2D eigenvalue weighted by atomic mass is 9.83.